The number of carbonyl (C=O) groups excluding carboxylic acids is 1. The monoisotopic (exact) mass is 178 g/mol. The molecule has 0 aromatic rings. The Morgan fingerprint density at radius 2 is 2.55 bits per heavy atom. The second-order valence-corrected chi connectivity index (χ2v) is 2.06. The van der Waals surface area contributed by atoms with E-state index in [0.717, 1.165) is 19.2 Å². The molecule has 1 N–H and O–H groups in total. The summed E-state index contributed by atoms with van der Waals surface area (Å²) in [5.74, 6) is 0. The van der Waals surface area contributed by atoms with Crippen LogP contribution in [-0.4, -0.2) is 19.0 Å². The van der Waals surface area contributed by atoms with Crippen molar-refractivity contribution in [2.75, 3.05) is 6.61 Å². The van der Waals surface area contributed by atoms with Crippen LogP contribution in [0.2, 0.25) is 0 Å². The third-order valence-corrected chi connectivity index (χ3v) is 1.06. The zero-order valence-corrected chi connectivity index (χ0v) is 7.10. The fraction of sp³-hybridized carbons (Fsp3) is 0.667. The van der Waals surface area contributed by atoms with Gasteiger partial charge in [0.25, 0.3) is 0 Å². The van der Waals surface area contributed by atoms with Gasteiger partial charge in [-0.2, -0.15) is 4.51 Å². The lowest BCUT2D eigenvalue weighted by Crippen LogP contribution is -2.22. The summed E-state index contributed by atoms with van der Waals surface area (Å²) in [7, 11) is 0. The van der Waals surface area contributed by atoms with E-state index >= 15 is 0 Å². The molecule has 0 saturated heterocycles. The molecule has 0 atom stereocenters. The van der Waals surface area contributed by atoms with Gasteiger partial charge in [-0.15, -0.1) is 0 Å². The molecule has 0 radical (unpaired) electrons. The van der Waals surface area contributed by atoms with Crippen LogP contribution in [0.15, 0.2) is 4.51 Å². The molecule has 0 fully saturated rings. The molecule has 0 rings (SSSR count). The highest BCUT2D eigenvalue weighted by Crippen LogP contribution is 1.87. The van der Waals surface area contributed by atoms with Crippen LogP contribution in [0, 0.1) is 0 Å². The molecular formula is C6H11ClN2O2. The Hall–Kier alpha value is -0.770. The van der Waals surface area contributed by atoms with Crippen molar-refractivity contribution in [2.24, 2.45) is 4.51 Å². The molecule has 0 aromatic carbocycles. The van der Waals surface area contributed by atoms with Crippen LogP contribution >= 0.6 is 11.8 Å². The quantitative estimate of drug-likeness (QED) is 0.405. The van der Waals surface area contributed by atoms with Crippen molar-refractivity contribution in [2.45, 2.75) is 19.8 Å². The van der Waals surface area contributed by atoms with E-state index in [1.165, 1.54) is 0 Å². The third kappa shape index (κ3) is 7.12. The van der Waals surface area contributed by atoms with Gasteiger partial charge in [0, 0.05) is 11.8 Å². The summed E-state index contributed by atoms with van der Waals surface area (Å²) in [5.41, 5.74) is 0. The molecule has 11 heavy (non-hydrogen) atoms. The highest BCUT2D eigenvalue weighted by Gasteiger charge is 1.96. The first kappa shape index (κ1) is 10.2. The highest BCUT2D eigenvalue weighted by atomic mass is 35.5. The molecule has 0 saturated carbocycles. The van der Waals surface area contributed by atoms with Gasteiger partial charge in [-0.3, -0.25) is 5.32 Å². The van der Waals surface area contributed by atoms with E-state index < -0.39 is 6.09 Å². The van der Waals surface area contributed by atoms with E-state index in [-0.39, 0.29) is 0 Å². The maximum atomic E-state index is 10.6. The molecule has 0 spiro atoms. The van der Waals surface area contributed by atoms with Crippen molar-refractivity contribution >= 4 is 24.2 Å². The molecule has 1 amide bonds. The molecule has 5 heteroatoms. The van der Waals surface area contributed by atoms with Gasteiger partial charge in [0.2, 0.25) is 0 Å². The van der Waals surface area contributed by atoms with Crippen LogP contribution in [0.5, 0.6) is 0 Å². The smallest absolute Gasteiger partial charge is 0.412 e. The molecule has 4 nitrogen and oxygen atoms in total. The lowest BCUT2D eigenvalue weighted by atomic mass is 10.4. The van der Waals surface area contributed by atoms with Crippen molar-refractivity contribution in [3.05, 3.63) is 0 Å². The van der Waals surface area contributed by atoms with Gasteiger partial charge < -0.3 is 4.74 Å². The fourth-order valence-corrected chi connectivity index (χ4v) is 0.477. The zero-order chi connectivity index (χ0) is 8.53. The molecule has 0 aliphatic heterocycles. The summed E-state index contributed by atoms with van der Waals surface area (Å²) in [6.45, 7) is 2.44. The number of carbonyl (C=O) groups is 1. The summed E-state index contributed by atoms with van der Waals surface area (Å²) >= 11 is 4.91. The molecular weight excluding hydrogens is 168 g/mol. The maximum Gasteiger partial charge on any atom is 0.412 e. The summed E-state index contributed by atoms with van der Waals surface area (Å²) in [6, 6.07) is 0. The second-order valence-electron chi connectivity index (χ2n) is 1.86. The zero-order valence-electron chi connectivity index (χ0n) is 6.34. The predicted molar refractivity (Wildman–Crippen MR) is 43.7 cm³/mol. The predicted octanol–water partition coefficient (Wildman–Crippen LogP) is 1.69. The van der Waals surface area contributed by atoms with Crippen LogP contribution in [0.1, 0.15) is 19.8 Å². The van der Waals surface area contributed by atoms with E-state index in [0.29, 0.717) is 6.61 Å². The number of halogens is 1. The largest absolute Gasteiger partial charge is 0.449 e. The van der Waals surface area contributed by atoms with Crippen molar-refractivity contribution in [3.63, 3.8) is 0 Å². The molecule has 64 valence electrons. The van der Waals surface area contributed by atoms with Gasteiger partial charge in [0.15, 0.2) is 0 Å². The topological polar surface area (TPSA) is 50.7 Å². The number of amides is 1. The normalized spacial score (nSPS) is 10.0. The Morgan fingerprint density at radius 1 is 1.82 bits per heavy atom. The number of ether oxygens (including phenoxy) is 1. The molecule has 0 aliphatic carbocycles. The number of hydrogen-bond acceptors (Lipinski definition) is 3. The van der Waals surface area contributed by atoms with Crippen LogP contribution < -0.4 is 5.32 Å². The van der Waals surface area contributed by atoms with Gasteiger partial charge in [-0.1, -0.05) is 13.3 Å². The average Bonchev–Trinajstić information content (AvgIpc) is 2.01. The van der Waals surface area contributed by atoms with E-state index in [1.807, 2.05) is 6.92 Å². The first-order valence-corrected chi connectivity index (χ1v) is 3.71. The Morgan fingerprint density at radius 3 is 3.09 bits per heavy atom. The van der Waals surface area contributed by atoms with E-state index in [9.17, 15) is 4.79 Å². The van der Waals surface area contributed by atoms with Crippen LogP contribution in [0.3, 0.4) is 0 Å². The minimum atomic E-state index is -0.525. The number of rotatable bonds is 4. The fourth-order valence-electron chi connectivity index (χ4n) is 0.428. The number of unbranched alkanes of at least 4 members (excludes halogenated alkanes) is 1. The van der Waals surface area contributed by atoms with Gasteiger partial charge in [0.05, 0.1) is 6.61 Å². The molecule has 0 bridgehead atoms. The highest BCUT2D eigenvalue weighted by molar-refractivity contribution is 6.17. The Kier molecular flexibility index (Phi) is 6.82. The first-order chi connectivity index (χ1) is 5.31. The van der Waals surface area contributed by atoms with Crippen LogP contribution in [-0.2, 0) is 4.74 Å². The first-order valence-electron chi connectivity index (χ1n) is 3.37. The average molecular weight is 179 g/mol. The van der Waals surface area contributed by atoms with E-state index in [1.54, 1.807) is 0 Å². The number of nitrogens with one attached hydrogen (secondary N) is 1. The minimum Gasteiger partial charge on any atom is -0.449 e. The second kappa shape index (κ2) is 7.34. The van der Waals surface area contributed by atoms with Crippen molar-refractivity contribution in [1.82, 2.24) is 5.32 Å². The standard InChI is InChI=1S/C6H11ClN2O2/c1-2-3-4-11-6(10)8-5-9-7/h5H,2-4H2,1H3,(H,8,9,10). The number of nitrogens with zero attached hydrogens (tertiary/aromatic N) is 1. The lowest BCUT2D eigenvalue weighted by Gasteiger charge is -2.00. The van der Waals surface area contributed by atoms with Crippen molar-refractivity contribution in [1.29, 1.82) is 0 Å². The lowest BCUT2D eigenvalue weighted by molar-refractivity contribution is 0.150. The summed E-state index contributed by atoms with van der Waals surface area (Å²) in [4.78, 5) is 10.6. The maximum absolute atomic E-state index is 10.6. The van der Waals surface area contributed by atoms with Gasteiger partial charge in [0.1, 0.15) is 6.34 Å². The van der Waals surface area contributed by atoms with Gasteiger partial charge in [-0.05, 0) is 6.42 Å². The number of alkyl carbamates (subject to hydrolysis) is 1. The Labute approximate surface area is 70.7 Å². The summed E-state index contributed by atoms with van der Waals surface area (Å²) < 4.78 is 7.72. The number of hydrogen-bond donors (Lipinski definition) is 1. The van der Waals surface area contributed by atoms with E-state index in [2.05, 4.69) is 14.6 Å². The molecule has 0 unspecified atom stereocenters. The van der Waals surface area contributed by atoms with Gasteiger partial charge >= 0.3 is 6.09 Å². The van der Waals surface area contributed by atoms with Crippen molar-refractivity contribution < 1.29 is 9.53 Å². The summed E-state index contributed by atoms with van der Waals surface area (Å²) in [5, 5.41) is 2.21. The minimum absolute atomic E-state index is 0.429. The third-order valence-electron chi connectivity index (χ3n) is 0.962. The van der Waals surface area contributed by atoms with Crippen LogP contribution in [0.25, 0.3) is 0 Å². The Balaban J connectivity index is 3.23. The summed E-state index contributed by atoms with van der Waals surface area (Å²) in [6.07, 6.45) is 2.40. The molecule has 0 heterocycles. The Bertz CT molecular complexity index is 139. The molecule has 0 aliphatic rings. The molecule has 0 aromatic heterocycles. The van der Waals surface area contributed by atoms with Crippen LogP contribution in [0.4, 0.5) is 4.79 Å². The van der Waals surface area contributed by atoms with Gasteiger partial charge in [-0.25, -0.2) is 4.79 Å². The van der Waals surface area contributed by atoms with Crippen molar-refractivity contribution in [3.8, 4) is 0 Å². The SMILES string of the molecule is CCCCOC(=O)N/C=N/Cl. The van der Waals surface area contributed by atoms with E-state index in [4.69, 9.17) is 11.8 Å².